The molecule has 0 saturated heterocycles. The van der Waals surface area contributed by atoms with Gasteiger partial charge in [-0.2, -0.15) is 0 Å². The molecule has 0 heterocycles. The normalized spacial score (nSPS) is 32.0. The first kappa shape index (κ1) is 12.4. The molecule has 3 atom stereocenters. The number of hydrogen-bond acceptors (Lipinski definition) is 2. The molecule has 1 aromatic carbocycles. The molecule has 2 rings (SSSR count). The fourth-order valence-electron chi connectivity index (χ4n) is 2.61. The lowest BCUT2D eigenvalue weighted by molar-refractivity contribution is -0.0692. The fourth-order valence-corrected chi connectivity index (χ4v) is 2.61. The Bertz CT molecular complexity index is 396. The largest absolute Gasteiger partial charge is 0.487 e. The summed E-state index contributed by atoms with van der Waals surface area (Å²) in [5.74, 6) is 0.0885. The van der Waals surface area contributed by atoms with E-state index in [0.29, 0.717) is 11.8 Å². The number of hydrogen-bond donors (Lipinski definition) is 1. The zero-order valence-electron chi connectivity index (χ0n) is 10.7. The molecule has 1 aliphatic rings. The molecule has 0 spiro atoms. The minimum Gasteiger partial charge on any atom is -0.487 e. The molecule has 3 unspecified atom stereocenters. The molecule has 94 valence electrons. The Kier molecular flexibility index (Phi) is 3.38. The summed E-state index contributed by atoms with van der Waals surface area (Å²) in [5, 5.41) is 3.30. The molecule has 0 aliphatic heterocycles. The minimum absolute atomic E-state index is 0.0943. The summed E-state index contributed by atoms with van der Waals surface area (Å²) in [6.45, 7) is 4.35. The topological polar surface area (TPSA) is 21.3 Å². The molecule has 17 heavy (non-hydrogen) atoms. The third kappa shape index (κ3) is 2.04. The van der Waals surface area contributed by atoms with Gasteiger partial charge in [0, 0.05) is 17.9 Å². The molecule has 0 amide bonds. The summed E-state index contributed by atoms with van der Waals surface area (Å²) >= 11 is 0. The van der Waals surface area contributed by atoms with Crippen LogP contribution in [0.5, 0.6) is 5.75 Å². The number of ether oxygens (including phenoxy) is 1. The van der Waals surface area contributed by atoms with Gasteiger partial charge in [-0.3, -0.25) is 0 Å². The van der Waals surface area contributed by atoms with Crippen LogP contribution in [-0.2, 0) is 0 Å². The van der Waals surface area contributed by atoms with E-state index in [1.807, 2.05) is 7.05 Å². The molecule has 2 nitrogen and oxygen atoms in total. The summed E-state index contributed by atoms with van der Waals surface area (Å²) in [7, 11) is 1.97. The lowest BCUT2D eigenvalue weighted by atomic mass is 9.61. The molecule has 1 saturated carbocycles. The molecule has 0 aromatic heterocycles. The maximum absolute atomic E-state index is 13.5. The summed E-state index contributed by atoms with van der Waals surface area (Å²) in [6.07, 6.45) is 2.06. The van der Waals surface area contributed by atoms with Crippen molar-refractivity contribution in [2.75, 3.05) is 7.05 Å². The molecule has 1 fully saturated rings. The average molecular weight is 237 g/mol. The SMILES string of the molecule is CCC1(C)C(NC)CC1Oc1ccccc1F. The Hall–Kier alpha value is -1.09. The number of rotatable bonds is 4. The second kappa shape index (κ2) is 4.65. The molecule has 3 heteroatoms. The maximum Gasteiger partial charge on any atom is 0.165 e. The van der Waals surface area contributed by atoms with Gasteiger partial charge < -0.3 is 10.1 Å². The highest BCUT2D eigenvalue weighted by Crippen LogP contribution is 2.46. The first-order chi connectivity index (χ1) is 8.11. The molecule has 1 N–H and O–H groups in total. The lowest BCUT2D eigenvalue weighted by Gasteiger charge is -2.53. The molecule has 0 bridgehead atoms. The van der Waals surface area contributed by atoms with E-state index in [1.165, 1.54) is 6.07 Å². The Morgan fingerprint density at radius 3 is 2.76 bits per heavy atom. The summed E-state index contributed by atoms with van der Waals surface area (Å²) in [4.78, 5) is 0. The van der Waals surface area contributed by atoms with Crippen LogP contribution in [0.3, 0.4) is 0 Å². The van der Waals surface area contributed by atoms with Crippen LogP contribution in [0.15, 0.2) is 24.3 Å². The molecule has 1 aromatic rings. The van der Waals surface area contributed by atoms with Crippen LogP contribution in [0.4, 0.5) is 4.39 Å². The average Bonchev–Trinajstić information content (AvgIpc) is 2.34. The van der Waals surface area contributed by atoms with Crippen molar-refractivity contribution >= 4 is 0 Å². The van der Waals surface area contributed by atoms with E-state index >= 15 is 0 Å². The molecule has 1 aliphatic carbocycles. The van der Waals surface area contributed by atoms with Gasteiger partial charge in [0.15, 0.2) is 11.6 Å². The zero-order chi connectivity index (χ0) is 12.5. The van der Waals surface area contributed by atoms with Crippen molar-refractivity contribution in [1.29, 1.82) is 0 Å². The third-order valence-corrected chi connectivity index (χ3v) is 4.20. The highest BCUT2D eigenvalue weighted by molar-refractivity contribution is 5.25. The lowest BCUT2D eigenvalue weighted by Crippen LogP contribution is -2.62. The van der Waals surface area contributed by atoms with E-state index in [-0.39, 0.29) is 17.3 Å². The first-order valence-corrected chi connectivity index (χ1v) is 6.20. The van der Waals surface area contributed by atoms with Crippen molar-refractivity contribution in [1.82, 2.24) is 5.32 Å². The maximum atomic E-state index is 13.5. The second-order valence-electron chi connectivity index (χ2n) is 4.97. The highest BCUT2D eigenvalue weighted by atomic mass is 19.1. The van der Waals surface area contributed by atoms with Gasteiger partial charge in [0.1, 0.15) is 6.10 Å². The van der Waals surface area contributed by atoms with Crippen molar-refractivity contribution in [2.45, 2.75) is 38.8 Å². The molecular weight excluding hydrogens is 217 g/mol. The predicted octanol–water partition coefficient (Wildman–Crippen LogP) is 2.98. The Balaban J connectivity index is 2.09. The van der Waals surface area contributed by atoms with Crippen LogP contribution in [0.2, 0.25) is 0 Å². The van der Waals surface area contributed by atoms with E-state index < -0.39 is 0 Å². The zero-order valence-corrected chi connectivity index (χ0v) is 10.7. The van der Waals surface area contributed by atoms with Crippen molar-refractivity contribution in [2.24, 2.45) is 5.41 Å². The van der Waals surface area contributed by atoms with Crippen LogP contribution >= 0.6 is 0 Å². The second-order valence-corrected chi connectivity index (χ2v) is 4.97. The van der Waals surface area contributed by atoms with Gasteiger partial charge in [-0.15, -0.1) is 0 Å². The number of para-hydroxylation sites is 1. The Morgan fingerprint density at radius 2 is 2.18 bits per heavy atom. The van der Waals surface area contributed by atoms with Gasteiger partial charge >= 0.3 is 0 Å². The van der Waals surface area contributed by atoms with Crippen LogP contribution in [0.1, 0.15) is 26.7 Å². The van der Waals surface area contributed by atoms with Crippen molar-refractivity contribution in [3.05, 3.63) is 30.1 Å². The van der Waals surface area contributed by atoms with Gasteiger partial charge in [-0.1, -0.05) is 26.0 Å². The fraction of sp³-hybridized carbons (Fsp3) is 0.571. The van der Waals surface area contributed by atoms with Crippen LogP contribution in [0, 0.1) is 11.2 Å². The number of nitrogens with one attached hydrogen (secondary N) is 1. The van der Waals surface area contributed by atoms with Crippen LogP contribution in [-0.4, -0.2) is 19.2 Å². The van der Waals surface area contributed by atoms with Gasteiger partial charge in [0.2, 0.25) is 0 Å². The summed E-state index contributed by atoms with van der Waals surface area (Å²) < 4.78 is 19.3. The van der Waals surface area contributed by atoms with Crippen LogP contribution < -0.4 is 10.1 Å². The summed E-state index contributed by atoms with van der Waals surface area (Å²) in [5.41, 5.74) is 0.0943. The third-order valence-electron chi connectivity index (χ3n) is 4.20. The Morgan fingerprint density at radius 1 is 1.47 bits per heavy atom. The van der Waals surface area contributed by atoms with Gasteiger partial charge in [0.25, 0.3) is 0 Å². The smallest absolute Gasteiger partial charge is 0.165 e. The van der Waals surface area contributed by atoms with Gasteiger partial charge in [0.05, 0.1) is 0 Å². The predicted molar refractivity (Wildman–Crippen MR) is 66.7 cm³/mol. The molecular formula is C14H20FNO. The van der Waals surface area contributed by atoms with Gasteiger partial charge in [-0.05, 0) is 25.6 Å². The first-order valence-electron chi connectivity index (χ1n) is 6.20. The standard InChI is InChI=1S/C14H20FNO/c1-4-14(2)12(16-3)9-13(14)17-11-8-6-5-7-10(11)15/h5-8,12-13,16H,4,9H2,1-3H3. The molecule has 0 radical (unpaired) electrons. The number of halogens is 1. The number of benzene rings is 1. The quantitative estimate of drug-likeness (QED) is 0.869. The van der Waals surface area contributed by atoms with E-state index in [2.05, 4.69) is 19.2 Å². The van der Waals surface area contributed by atoms with E-state index in [9.17, 15) is 4.39 Å². The van der Waals surface area contributed by atoms with E-state index in [1.54, 1.807) is 18.2 Å². The highest BCUT2D eigenvalue weighted by Gasteiger charge is 2.51. The minimum atomic E-state index is -0.279. The van der Waals surface area contributed by atoms with Crippen molar-refractivity contribution in [3.8, 4) is 5.75 Å². The van der Waals surface area contributed by atoms with E-state index in [0.717, 1.165) is 12.8 Å². The summed E-state index contributed by atoms with van der Waals surface area (Å²) in [6, 6.07) is 7.07. The Labute approximate surface area is 102 Å². The monoisotopic (exact) mass is 237 g/mol. The van der Waals surface area contributed by atoms with Gasteiger partial charge in [-0.25, -0.2) is 4.39 Å². The van der Waals surface area contributed by atoms with Crippen molar-refractivity contribution in [3.63, 3.8) is 0 Å². The van der Waals surface area contributed by atoms with Crippen molar-refractivity contribution < 1.29 is 9.13 Å². The van der Waals surface area contributed by atoms with E-state index in [4.69, 9.17) is 4.74 Å². The van der Waals surface area contributed by atoms with Crippen LogP contribution in [0.25, 0.3) is 0 Å².